The van der Waals surface area contributed by atoms with Gasteiger partial charge in [0, 0.05) is 0 Å². The van der Waals surface area contributed by atoms with Crippen LogP contribution in [0.5, 0.6) is 0 Å². The molecule has 0 aromatic heterocycles. The van der Waals surface area contributed by atoms with Crippen LogP contribution < -0.4 is 5.19 Å². The molecule has 0 atom stereocenters. The van der Waals surface area contributed by atoms with E-state index >= 15 is 0 Å². The molecule has 16 heavy (non-hydrogen) atoms. The summed E-state index contributed by atoms with van der Waals surface area (Å²) in [7, 11) is -1.27. The van der Waals surface area contributed by atoms with Crippen molar-refractivity contribution >= 4 is 13.3 Å². The lowest BCUT2D eigenvalue weighted by atomic mass is 10.2. The number of halogens is 2. The molecule has 1 rings (SSSR count). The van der Waals surface area contributed by atoms with E-state index in [2.05, 4.69) is 31.8 Å². The Kier molecular flexibility index (Phi) is 4.62. The molecule has 0 fully saturated rings. The fourth-order valence-electron chi connectivity index (χ4n) is 1.37. The van der Waals surface area contributed by atoms with Gasteiger partial charge in [0.15, 0.2) is 0 Å². The van der Waals surface area contributed by atoms with Crippen LogP contribution in [-0.2, 0) is 11.3 Å². The van der Waals surface area contributed by atoms with Gasteiger partial charge in [0.05, 0.1) is 14.7 Å². The zero-order chi connectivity index (χ0) is 12.2. The molecule has 1 nitrogen and oxygen atoms in total. The van der Waals surface area contributed by atoms with E-state index < -0.39 is 21.1 Å². The molecule has 0 heterocycles. The fraction of sp³-hybridized carbons (Fsp3) is 0.500. The van der Waals surface area contributed by atoms with Crippen molar-refractivity contribution in [1.82, 2.24) is 0 Å². The van der Waals surface area contributed by atoms with Crippen molar-refractivity contribution in [3.63, 3.8) is 0 Å². The van der Waals surface area contributed by atoms with Gasteiger partial charge in [-0.15, -0.1) is 0 Å². The third-order valence-electron chi connectivity index (χ3n) is 2.33. The van der Waals surface area contributed by atoms with Crippen molar-refractivity contribution in [3.05, 3.63) is 29.8 Å². The van der Waals surface area contributed by atoms with E-state index in [0.717, 1.165) is 5.56 Å². The summed E-state index contributed by atoms with van der Waals surface area (Å²) in [5, 5.41) is 1.37. The summed E-state index contributed by atoms with van der Waals surface area (Å²) >= 11 is 0. The van der Waals surface area contributed by atoms with E-state index in [1.807, 2.05) is 12.1 Å². The average molecular weight is 244 g/mol. The summed E-state index contributed by atoms with van der Waals surface area (Å²) in [5.41, 5.74) is 0.947. The van der Waals surface area contributed by atoms with Crippen LogP contribution in [0.3, 0.4) is 0 Å². The topological polar surface area (TPSA) is 9.23 Å². The first-order chi connectivity index (χ1) is 7.39. The number of alkyl halides is 2. The van der Waals surface area contributed by atoms with Crippen LogP contribution in [0.4, 0.5) is 8.78 Å². The van der Waals surface area contributed by atoms with Crippen molar-refractivity contribution < 1.29 is 13.5 Å². The molecule has 0 N–H and O–H groups in total. The van der Waals surface area contributed by atoms with Gasteiger partial charge < -0.3 is 4.74 Å². The van der Waals surface area contributed by atoms with Gasteiger partial charge in [-0.05, 0) is 5.56 Å². The zero-order valence-corrected chi connectivity index (χ0v) is 11.0. The molecule has 0 spiro atoms. The standard InChI is InChI=1S/C12H18F2OSi/c1-16(2,3)11-6-4-10(5-7-11)8-15-9-12(13)14/h4-7,12H,8-9H2,1-3H3. The first kappa shape index (κ1) is 13.3. The van der Waals surface area contributed by atoms with Crippen LogP contribution in [0.25, 0.3) is 0 Å². The van der Waals surface area contributed by atoms with Crippen molar-refractivity contribution in [1.29, 1.82) is 0 Å². The Hall–Kier alpha value is -0.743. The summed E-state index contributed by atoms with van der Waals surface area (Å²) in [6.45, 7) is 6.59. The molecule has 1 aromatic carbocycles. The smallest absolute Gasteiger partial charge is 0.261 e. The normalized spacial score (nSPS) is 12.1. The second kappa shape index (κ2) is 5.55. The Morgan fingerprint density at radius 3 is 2.12 bits per heavy atom. The predicted octanol–water partition coefficient (Wildman–Crippen LogP) is 3.01. The fourth-order valence-corrected chi connectivity index (χ4v) is 2.53. The molecule has 90 valence electrons. The minimum atomic E-state index is -2.39. The van der Waals surface area contributed by atoms with Crippen LogP contribution in [0.2, 0.25) is 19.6 Å². The van der Waals surface area contributed by atoms with Gasteiger partial charge >= 0.3 is 0 Å². The van der Waals surface area contributed by atoms with Crippen molar-refractivity contribution in [2.45, 2.75) is 32.7 Å². The quantitative estimate of drug-likeness (QED) is 0.723. The monoisotopic (exact) mass is 244 g/mol. The van der Waals surface area contributed by atoms with Gasteiger partial charge in [-0.3, -0.25) is 0 Å². The molecule has 4 heteroatoms. The lowest BCUT2D eigenvalue weighted by molar-refractivity contribution is 0.00988. The molecule has 0 saturated carbocycles. The third kappa shape index (κ3) is 4.41. The van der Waals surface area contributed by atoms with Crippen LogP contribution in [-0.4, -0.2) is 21.1 Å². The Bertz CT molecular complexity index is 317. The first-order valence-electron chi connectivity index (χ1n) is 5.35. The summed E-state index contributed by atoms with van der Waals surface area (Å²) in [5.74, 6) is 0. The summed E-state index contributed by atoms with van der Waals surface area (Å²) in [6, 6.07) is 8.07. The maximum Gasteiger partial charge on any atom is 0.261 e. The zero-order valence-electron chi connectivity index (χ0n) is 9.97. The highest BCUT2D eigenvalue weighted by Crippen LogP contribution is 2.06. The largest absolute Gasteiger partial charge is 0.371 e. The Morgan fingerprint density at radius 1 is 1.12 bits per heavy atom. The van der Waals surface area contributed by atoms with Crippen LogP contribution in [0.15, 0.2) is 24.3 Å². The van der Waals surface area contributed by atoms with Crippen LogP contribution in [0, 0.1) is 0 Å². The van der Waals surface area contributed by atoms with Gasteiger partial charge in [0.1, 0.15) is 6.61 Å². The maximum absolute atomic E-state index is 11.8. The highest BCUT2D eigenvalue weighted by molar-refractivity contribution is 6.88. The van der Waals surface area contributed by atoms with Crippen molar-refractivity contribution in [2.75, 3.05) is 6.61 Å². The minimum Gasteiger partial charge on any atom is -0.371 e. The molecule has 0 radical (unpaired) electrons. The molecule has 1 aromatic rings. The Balaban J connectivity index is 2.52. The lowest BCUT2D eigenvalue weighted by Gasteiger charge is -2.16. The van der Waals surface area contributed by atoms with Crippen LogP contribution >= 0.6 is 0 Å². The molecular formula is C12H18F2OSi. The Labute approximate surface area is 96.4 Å². The number of hydrogen-bond donors (Lipinski definition) is 0. The predicted molar refractivity (Wildman–Crippen MR) is 65.1 cm³/mol. The average Bonchev–Trinajstić information content (AvgIpc) is 2.16. The molecule has 0 aliphatic rings. The van der Waals surface area contributed by atoms with Gasteiger partial charge in [-0.1, -0.05) is 49.1 Å². The van der Waals surface area contributed by atoms with Gasteiger partial charge in [0.25, 0.3) is 6.43 Å². The molecule has 0 bridgehead atoms. The van der Waals surface area contributed by atoms with Gasteiger partial charge in [-0.25, -0.2) is 8.78 Å². The highest BCUT2D eigenvalue weighted by atomic mass is 28.3. The molecule has 0 aliphatic heterocycles. The van der Waals surface area contributed by atoms with Gasteiger partial charge in [0.2, 0.25) is 0 Å². The van der Waals surface area contributed by atoms with E-state index in [-0.39, 0.29) is 6.61 Å². The molecular weight excluding hydrogens is 226 g/mol. The SMILES string of the molecule is C[Si](C)(C)c1ccc(COCC(F)F)cc1. The molecule has 0 unspecified atom stereocenters. The van der Waals surface area contributed by atoms with Crippen LogP contribution in [0.1, 0.15) is 5.56 Å². The number of ether oxygens (including phenoxy) is 1. The molecule has 0 aliphatic carbocycles. The van der Waals surface area contributed by atoms with E-state index in [9.17, 15) is 8.78 Å². The molecule has 0 saturated heterocycles. The van der Waals surface area contributed by atoms with E-state index in [1.165, 1.54) is 5.19 Å². The van der Waals surface area contributed by atoms with Gasteiger partial charge in [-0.2, -0.15) is 0 Å². The van der Waals surface area contributed by atoms with E-state index in [4.69, 9.17) is 4.74 Å². The maximum atomic E-state index is 11.8. The van der Waals surface area contributed by atoms with Crippen molar-refractivity contribution in [2.24, 2.45) is 0 Å². The second-order valence-corrected chi connectivity index (χ2v) is 9.93. The number of hydrogen-bond acceptors (Lipinski definition) is 1. The van der Waals surface area contributed by atoms with E-state index in [0.29, 0.717) is 0 Å². The summed E-state index contributed by atoms with van der Waals surface area (Å²) in [6.07, 6.45) is -2.39. The first-order valence-corrected chi connectivity index (χ1v) is 8.85. The lowest BCUT2D eigenvalue weighted by Crippen LogP contribution is -2.37. The van der Waals surface area contributed by atoms with E-state index in [1.54, 1.807) is 0 Å². The Morgan fingerprint density at radius 2 is 1.69 bits per heavy atom. The number of benzene rings is 1. The third-order valence-corrected chi connectivity index (χ3v) is 4.40. The second-order valence-electron chi connectivity index (χ2n) is 4.85. The summed E-state index contributed by atoms with van der Waals surface area (Å²) < 4.78 is 28.5. The van der Waals surface area contributed by atoms with Crippen molar-refractivity contribution in [3.8, 4) is 0 Å². The minimum absolute atomic E-state index is 0.260. The summed E-state index contributed by atoms with van der Waals surface area (Å²) in [4.78, 5) is 0. The highest BCUT2D eigenvalue weighted by Gasteiger charge is 2.15. The molecule has 0 amide bonds. The number of rotatable bonds is 5.